The summed E-state index contributed by atoms with van der Waals surface area (Å²) in [6, 6.07) is 13.5. The molecule has 2 heterocycles. The summed E-state index contributed by atoms with van der Waals surface area (Å²) in [6.07, 6.45) is 1.65. The lowest BCUT2D eigenvalue weighted by atomic mass is 10.1. The summed E-state index contributed by atoms with van der Waals surface area (Å²) < 4.78 is 32.9. The van der Waals surface area contributed by atoms with E-state index in [1.807, 2.05) is 6.07 Å². The van der Waals surface area contributed by atoms with E-state index in [0.29, 0.717) is 23.7 Å². The molecule has 29 heavy (non-hydrogen) atoms. The van der Waals surface area contributed by atoms with Gasteiger partial charge in [-0.3, -0.25) is 9.52 Å². The van der Waals surface area contributed by atoms with Gasteiger partial charge in [0.05, 0.1) is 16.3 Å². The summed E-state index contributed by atoms with van der Waals surface area (Å²) in [5.74, 6) is 0.458. The van der Waals surface area contributed by atoms with Gasteiger partial charge in [0.1, 0.15) is 5.75 Å². The van der Waals surface area contributed by atoms with Gasteiger partial charge in [-0.2, -0.15) is 0 Å². The fraction of sp³-hybridized carbons (Fsp3) is 0.100. The van der Waals surface area contributed by atoms with Crippen LogP contribution in [0.5, 0.6) is 5.75 Å². The first kappa shape index (κ1) is 19.2. The second-order valence-corrected chi connectivity index (χ2v) is 8.76. The smallest absolute Gasteiger partial charge is 0.265 e. The maximum absolute atomic E-state index is 12.5. The Morgan fingerprint density at radius 2 is 2.03 bits per heavy atom. The van der Waals surface area contributed by atoms with Crippen LogP contribution in [0.15, 0.2) is 71.5 Å². The molecule has 1 aromatic heterocycles. The van der Waals surface area contributed by atoms with Gasteiger partial charge in [0.15, 0.2) is 11.7 Å². The molecule has 0 spiro atoms. The number of benzene rings is 2. The number of carbonyl (C=O) groups excluding carboxylic acids is 1. The molecule has 0 bridgehead atoms. The molecule has 1 aliphatic heterocycles. The van der Waals surface area contributed by atoms with E-state index in [2.05, 4.69) is 16.3 Å². The number of ether oxygens (including phenoxy) is 1. The van der Waals surface area contributed by atoms with Crippen molar-refractivity contribution in [1.82, 2.24) is 4.98 Å². The van der Waals surface area contributed by atoms with Crippen molar-refractivity contribution in [2.24, 2.45) is 0 Å². The van der Waals surface area contributed by atoms with E-state index < -0.39 is 10.0 Å². The first-order valence-corrected chi connectivity index (χ1v) is 11.1. The Bertz CT molecular complexity index is 1170. The number of rotatable bonds is 6. The molecule has 1 amide bonds. The molecule has 0 fully saturated rings. The maximum atomic E-state index is 12.5. The minimum atomic E-state index is -3.71. The molecule has 3 aromatic rings. The molecule has 9 heteroatoms. The summed E-state index contributed by atoms with van der Waals surface area (Å²) in [7, 11) is -3.71. The van der Waals surface area contributed by atoms with Crippen molar-refractivity contribution in [3.8, 4) is 17.0 Å². The molecule has 2 aromatic carbocycles. The van der Waals surface area contributed by atoms with Crippen molar-refractivity contribution >= 4 is 38.1 Å². The Kier molecular flexibility index (Phi) is 5.08. The summed E-state index contributed by atoms with van der Waals surface area (Å²) in [5.41, 5.74) is 1.98. The van der Waals surface area contributed by atoms with Crippen LogP contribution in [0.1, 0.15) is 0 Å². The van der Waals surface area contributed by atoms with Crippen LogP contribution in [0.3, 0.4) is 0 Å². The number of hydrogen-bond donors (Lipinski definition) is 1. The Morgan fingerprint density at radius 3 is 2.79 bits per heavy atom. The number of sulfonamides is 1. The molecule has 148 valence electrons. The van der Waals surface area contributed by atoms with Crippen LogP contribution in [0.25, 0.3) is 11.3 Å². The lowest BCUT2D eigenvalue weighted by Gasteiger charge is -2.28. The van der Waals surface area contributed by atoms with Crippen LogP contribution in [0.2, 0.25) is 0 Å². The quantitative estimate of drug-likeness (QED) is 0.608. The van der Waals surface area contributed by atoms with Gasteiger partial charge >= 0.3 is 0 Å². The van der Waals surface area contributed by atoms with Crippen molar-refractivity contribution in [1.29, 1.82) is 0 Å². The third kappa shape index (κ3) is 3.87. The van der Waals surface area contributed by atoms with Crippen LogP contribution in [0.4, 0.5) is 10.8 Å². The number of thiazole rings is 1. The number of anilines is 2. The summed E-state index contributed by atoms with van der Waals surface area (Å²) in [6.45, 7) is 4.06. The largest absolute Gasteiger partial charge is 0.482 e. The van der Waals surface area contributed by atoms with Gasteiger partial charge in [-0.05, 0) is 30.3 Å². The molecular formula is C20H17N3O4S2. The van der Waals surface area contributed by atoms with Crippen LogP contribution >= 0.6 is 11.3 Å². The molecule has 0 aliphatic carbocycles. The molecule has 4 rings (SSSR count). The average Bonchev–Trinajstić information content (AvgIpc) is 3.18. The molecule has 0 unspecified atom stereocenters. The van der Waals surface area contributed by atoms with E-state index in [1.165, 1.54) is 23.5 Å². The van der Waals surface area contributed by atoms with E-state index in [0.717, 1.165) is 5.56 Å². The van der Waals surface area contributed by atoms with E-state index in [9.17, 15) is 13.2 Å². The highest BCUT2D eigenvalue weighted by Gasteiger charge is 2.25. The average molecular weight is 428 g/mol. The van der Waals surface area contributed by atoms with Crippen LogP contribution in [-0.4, -0.2) is 32.5 Å². The zero-order valence-electron chi connectivity index (χ0n) is 15.2. The number of fused-ring (bicyclic) bond motifs is 1. The minimum Gasteiger partial charge on any atom is -0.482 e. The zero-order chi connectivity index (χ0) is 20.4. The zero-order valence-corrected chi connectivity index (χ0v) is 16.9. The van der Waals surface area contributed by atoms with Gasteiger partial charge < -0.3 is 9.64 Å². The molecular weight excluding hydrogens is 410 g/mol. The first-order chi connectivity index (χ1) is 14.0. The number of nitrogens with one attached hydrogen (secondary N) is 1. The number of aromatic nitrogens is 1. The molecule has 0 saturated carbocycles. The highest BCUT2D eigenvalue weighted by atomic mass is 32.2. The van der Waals surface area contributed by atoms with E-state index >= 15 is 0 Å². The Hall–Kier alpha value is -3.17. The fourth-order valence-corrected chi connectivity index (χ4v) is 4.91. The molecule has 0 saturated heterocycles. The topological polar surface area (TPSA) is 88.6 Å². The first-order valence-electron chi connectivity index (χ1n) is 8.70. The number of hydrogen-bond acceptors (Lipinski definition) is 6. The normalized spacial score (nSPS) is 13.5. The standard InChI is InChI=1S/C20H17N3O4S2/c1-2-10-23-17-11-14(8-9-18(17)27-12-19(23)24)16-13-28-20(21-16)22-29(25,26)15-6-4-3-5-7-15/h2-9,11,13H,1,10,12H2,(H,21,22). The van der Waals surface area contributed by atoms with Gasteiger partial charge in [-0.15, -0.1) is 17.9 Å². The molecule has 1 aliphatic rings. The lowest BCUT2D eigenvalue weighted by molar-refractivity contribution is -0.121. The fourth-order valence-electron chi connectivity index (χ4n) is 2.92. The van der Waals surface area contributed by atoms with Crippen molar-refractivity contribution in [2.45, 2.75) is 4.90 Å². The highest BCUT2D eigenvalue weighted by molar-refractivity contribution is 7.93. The van der Waals surface area contributed by atoms with E-state index in [1.54, 1.807) is 46.7 Å². The number of carbonyl (C=O) groups is 1. The van der Waals surface area contributed by atoms with Crippen molar-refractivity contribution < 1.29 is 17.9 Å². The molecule has 7 nitrogen and oxygen atoms in total. The van der Waals surface area contributed by atoms with Crippen molar-refractivity contribution in [3.05, 3.63) is 66.6 Å². The van der Waals surface area contributed by atoms with Crippen LogP contribution in [-0.2, 0) is 14.8 Å². The number of nitrogens with zero attached hydrogens (tertiary/aromatic N) is 2. The van der Waals surface area contributed by atoms with Crippen LogP contribution < -0.4 is 14.4 Å². The van der Waals surface area contributed by atoms with Crippen LogP contribution in [0, 0.1) is 0 Å². The molecule has 0 atom stereocenters. The third-order valence-electron chi connectivity index (χ3n) is 4.29. The molecule has 0 radical (unpaired) electrons. The van der Waals surface area contributed by atoms with Gasteiger partial charge in [0.25, 0.3) is 15.9 Å². The van der Waals surface area contributed by atoms with Crippen molar-refractivity contribution in [3.63, 3.8) is 0 Å². The van der Waals surface area contributed by atoms with Gasteiger partial charge in [-0.1, -0.05) is 24.3 Å². The van der Waals surface area contributed by atoms with Gasteiger partial charge in [0, 0.05) is 17.5 Å². The van der Waals surface area contributed by atoms with E-state index in [-0.39, 0.29) is 22.5 Å². The second-order valence-electron chi connectivity index (χ2n) is 6.22. The minimum absolute atomic E-state index is 0.0116. The second kappa shape index (κ2) is 7.69. The molecule has 1 N–H and O–H groups in total. The van der Waals surface area contributed by atoms with Crippen molar-refractivity contribution in [2.75, 3.05) is 22.8 Å². The predicted octanol–water partition coefficient (Wildman–Crippen LogP) is 3.52. The Labute approximate surface area is 172 Å². The monoisotopic (exact) mass is 427 g/mol. The highest BCUT2D eigenvalue weighted by Crippen LogP contribution is 2.37. The van der Waals surface area contributed by atoms with Gasteiger partial charge in [0.2, 0.25) is 0 Å². The Morgan fingerprint density at radius 1 is 1.24 bits per heavy atom. The lowest BCUT2D eigenvalue weighted by Crippen LogP contribution is -2.38. The number of amides is 1. The van der Waals surface area contributed by atoms with E-state index in [4.69, 9.17) is 4.74 Å². The summed E-state index contributed by atoms with van der Waals surface area (Å²) in [5, 5.41) is 2.02. The maximum Gasteiger partial charge on any atom is 0.265 e. The third-order valence-corrected chi connectivity index (χ3v) is 6.53. The predicted molar refractivity (Wildman–Crippen MR) is 113 cm³/mol. The summed E-state index contributed by atoms with van der Waals surface area (Å²) >= 11 is 1.19. The summed E-state index contributed by atoms with van der Waals surface area (Å²) in [4.78, 5) is 18.3. The Balaban J connectivity index is 1.62. The van der Waals surface area contributed by atoms with Gasteiger partial charge in [-0.25, -0.2) is 13.4 Å². The SMILES string of the molecule is C=CCN1C(=O)COc2ccc(-c3csc(NS(=O)(=O)c4ccccc4)n3)cc21.